The van der Waals surface area contributed by atoms with Gasteiger partial charge in [-0.15, -0.1) is 0 Å². The molecule has 0 aliphatic heterocycles. The van der Waals surface area contributed by atoms with Crippen molar-refractivity contribution in [2.24, 2.45) is 0 Å². The SMILES string of the molecule is N#CC(C#N)=C(Nc1ccc(Oc2ccccc2)cc1)c1ccc(C(Nc2ccc(Oc3ccccc3)cc2)=C(C#N)C#N)cc1. The molecule has 5 aromatic rings. The molecule has 0 heterocycles. The summed E-state index contributed by atoms with van der Waals surface area (Å²) < 4.78 is 11.7. The lowest BCUT2D eigenvalue weighted by Crippen LogP contribution is -2.04. The average Bonchev–Trinajstić information content (AvgIpc) is 3.11. The summed E-state index contributed by atoms with van der Waals surface area (Å²) in [6.07, 6.45) is 0. The van der Waals surface area contributed by atoms with E-state index in [2.05, 4.69) is 10.6 Å². The van der Waals surface area contributed by atoms with Gasteiger partial charge in [0.2, 0.25) is 0 Å². The smallest absolute Gasteiger partial charge is 0.153 e. The number of hydrogen-bond donors (Lipinski definition) is 2. The molecule has 218 valence electrons. The molecule has 0 aliphatic carbocycles. The number of para-hydroxylation sites is 2. The highest BCUT2D eigenvalue weighted by Crippen LogP contribution is 2.29. The Balaban J connectivity index is 1.37. The van der Waals surface area contributed by atoms with Crippen LogP contribution >= 0.6 is 0 Å². The zero-order valence-electron chi connectivity index (χ0n) is 24.3. The molecule has 8 heteroatoms. The number of rotatable bonds is 10. The van der Waals surface area contributed by atoms with Crippen molar-refractivity contribution in [3.05, 3.63) is 156 Å². The van der Waals surface area contributed by atoms with Crippen molar-refractivity contribution < 1.29 is 9.47 Å². The van der Waals surface area contributed by atoms with Gasteiger partial charge in [0, 0.05) is 22.5 Å². The number of allylic oxidation sites excluding steroid dienone is 2. The van der Waals surface area contributed by atoms with Gasteiger partial charge in [-0.1, -0.05) is 60.7 Å². The largest absolute Gasteiger partial charge is 0.457 e. The third-order valence-corrected chi connectivity index (χ3v) is 6.61. The summed E-state index contributed by atoms with van der Waals surface area (Å²) >= 11 is 0. The Morgan fingerprint density at radius 2 is 0.696 bits per heavy atom. The van der Waals surface area contributed by atoms with E-state index in [9.17, 15) is 21.0 Å². The summed E-state index contributed by atoms with van der Waals surface area (Å²) in [6, 6.07) is 47.7. The first-order valence-electron chi connectivity index (χ1n) is 14.0. The lowest BCUT2D eigenvalue weighted by atomic mass is 10.0. The van der Waals surface area contributed by atoms with Gasteiger partial charge in [0.05, 0.1) is 11.4 Å². The minimum absolute atomic E-state index is 0.112. The average molecular weight is 597 g/mol. The molecule has 0 spiro atoms. The van der Waals surface area contributed by atoms with Crippen molar-refractivity contribution in [2.75, 3.05) is 10.6 Å². The van der Waals surface area contributed by atoms with E-state index in [1.807, 2.05) is 84.9 Å². The Hall–Kier alpha value is -7.26. The number of nitrogens with one attached hydrogen (secondary N) is 2. The maximum Gasteiger partial charge on any atom is 0.153 e. The number of anilines is 2. The standard InChI is InChI=1S/C38H24N6O2/c39-23-29(24-40)37(43-31-15-19-35(20-16-31)45-33-7-3-1-4-8-33)27-11-13-28(14-12-27)38(30(25-41)26-42)44-32-17-21-36(22-18-32)46-34-9-5-2-6-10-34/h1-22,43-44H. The van der Waals surface area contributed by atoms with Gasteiger partial charge in [-0.25, -0.2) is 0 Å². The van der Waals surface area contributed by atoms with Crippen LogP contribution in [-0.4, -0.2) is 0 Å². The summed E-state index contributed by atoms with van der Waals surface area (Å²) in [5, 5.41) is 45.2. The molecule has 0 unspecified atom stereocenters. The first kappa shape index (κ1) is 30.2. The first-order valence-corrected chi connectivity index (χ1v) is 14.0. The van der Waals surface area contributed by atoms with E-state index >= 15 is 0 Å². The summed E-state index contributed by atoms with van der Waals surface area (Å²) in [4.78, 5) is 0. The predicted molar refractivity (Wildman–Crippen MR) is 176 cm³/mol. The first-order chi connectivity index (χ1) is 22.6. The highest BCUT2D eigenvalue weighted by atomic mass is 16.5. The molecule has 0 saturated heterocycles. The lowest BCUT2D eigenvalue weighted by molar-refractivity contribution is 0.482. The number of benzene rings is 5. The molecule has 5 rings (SSSR count). The van der Waals surface area contributed by atoms with Crippen molar-refractivity contribution >= 4 is 22.8 Å². The molecule has 5 aromatic carbocycles. The molecule has 46 heavy (non-hydrogen) atoms. The van der Waals surface area contributed by atoms with E-state index in [1.54, 1.807) is 72.8 Å². The van der Waals surface area contributed by atoms with Crippen LogP contribution < -0.4 is 20.1 Å². The Bertz CT molecular complexity index is 1860. The van der Waals surface area contributed by atoms with Crippen LogP contribution in [0.15, 0.2) is 145 Å². The lowest BCUT2D eigenvalue weighted by Gasteiger charge is -2.15. The van der Waals surface area contributed by atoms with Gasteiger partial charge in [-0.05, 0) is 72.8 Å². The highest BCUT2D eigenvalue weighted by molar-refractivity contribution is 5.87. The van der Waals surface area contributed by atoms with E-state index in [0.717, 1.165) is 0 Å². The Kier molecular flexibility index (Phi) is 9.70. The third-order valence-electron chi connectivity index (χ3n) is 6.61. The number of nitrogens with zero attached hydrogens (tertiary/aromatic N) is 4. The molecule has 0 fully saturated rings. The van der Waals surface area contributed by atoms with Crippen LogP contribution in [0.1, 0.15) is 11.1 Å². The van der Waals surface area contributed by atoms with Crippen LogP contribution in [0.5, 0.6) is 23.0 Å². The maximum absolute atomic E-state index is 9.70. The van der Waals surface area contributed by atoms with Crippen molar-refractivity contribution in [1.82, 2.24) is 0 Å². The molecule has 0 atom stereocenters. The van der Waals surface area contributed by atoms with E-state index in [4.69, 9.17) is 9.47 Å². The second-order valence-electron chi connectivity index (χ2n) is 9.65. The van der Waals surface area contributed by atoms with E-state index in [0.29, 0.717) is 56.9 Å². The van der Waals surface area contributed by atoms with Gasteiger partial charge >= 0.3 is 0 Å². The fourth-order valence-electron chi connectivity index (χ4n) is 4.39. The zero-order valence-corrected chi connectivity index (χ0v) is 24.3. The summed E-state index contributed by atoms with van der Waals surface area (Å²) in [7, 11) is 0. The molecular weight excluding hydrogens is 572 g/mol. The van der Waals surface area contributed by atoms with Crippen LogP contribution in [0.2, 0.25) is 0 Å². The molecule has 8 nitrogen and oxygen atoms in total. The van der Waals surface area contributed by atoms with E-state index in [-0.39, 0.29) is 11.1 Å². The van der Waals surface area contributed by atoms with Gasteiger partial charge < -0.3 is 20.1 Å². The quantitative estimate of drug-likeness (QED) is 0.152. The van der Waals surface area contributed by atoms with Crippen LogP contribution in [0.4, 0.5) is 11.4 Å². The summed E-state index contributed by atoms with van der Waals surface area (Å²) in [5.41, 5.74) is 2.79. The van der Waals surface area contributed by atoms with Gasteiger partial charge in [0.15, 0.2) is 11.1 Å². The number of ether oxygens (including phenoxy) is 2. The monoisotopic (exact) mass is 596 g/mol. The minimum atomic E-state index is -0.112. The van der Waals surface area contributed by atoms with Crippen molar-refractivity contribution in [3.63, 3.8) is 0 Å². The molecule has 2 N–H and O–H groups in total. The molecule has 0 amide bonds. The van der Waals surface area contributed by atoms with Crippen molar-refractivity contribution in [3.8, 4) is 47.3 Å². The highest BCUT2D eigenvalue weighted by Gasteiger charge is 2.14. The zero-order chi connectivity index (χ0) is 32.1. The second kappa shape index (κ2) is 14.8. The van der Waals surface area contributed by atoms with Gasteiger partial charge in [0.25, 0.3) is 0 Å². The van der Waals surface area contributed by atoms with Crippen LogP contribution in [0.3, 0.4) is 0 Å². The molecule has 0 aliphatic rings. The maximum atomic E-state index is 9.70. The predicted octanol–water partition coefficient (Wildman–Crippen LogP) is 9.01. The fourth-order valence-corrected chi connectivity index (χ4v) is 4.39. The Labute approximate surface area is 266 Å². The van der Waals surface area contributed by atoms with Gasteiger partial charge in [-0.2, -0.15) is 21.0 Å². The second-order valence-corrected chi connectivity index (χ2v) is 9.65. The topological polar surface area (TPSA) is 138 Å². The Morgan fingerprint density at radius 1 is 0.391 bits per heavy atom. The Morgan fingerprint density at radius 3 is 1.00 bits per heavy atom. The van der Waals surface area contributed by atoms with Gasteiger partial charge in [0.1, 0.15) is 47.3 Å². The van der Waals surface area contributed by atoms with Crippen molar-refractivity contribution in [1.29, 1.82) is 21.0 Å². The van der Waals surface area contributed by atoms with Crippen LogP contribution in [0.25, 0.3) is 11.4 Å². The fraction of sp³-hybridized carbons (Fsp3) is 0. The number of nitriles is 4. The van der Waals surface area contributed by atoms with Crippen molar-refractivity contribution in [2.45, 2.75) is 0 Å². The molecule has 0 aromatic heterocycles. The van der Waals surface area contributed by atoms with Gasteiger partial charge in [-0.3, -0.25) is 0 Å². The molecular formula is C38H24N6O2. The third kappa shape index (κ3) is 7.57. The summed E-state index contributed by atoms with van der Waals surface area (Å²) in [6.45, 7) is 0. The summed E-state index contributed by atoms with van der Waals surface area (Å²) in [5.74, 6) is 2.66. The minimum Gasteiger partial charge on any atom is -0.457 e. The van der Waals surface area contributed by atoms with E-state index < -0.39 is 0 Å². The van der Waals surface area contributed by atoms with Crippen LogP contribution in [0, 0.1) is 45.3 Å². The van der Waals surface area contributed by atoms with E-state index in [1.165, 1.54) is 0 Å². The molecule has 0 saturated carbocycles. The van der Waals surface area contributed by atoms with Crippen LogP contribution in [-0.2, 0) is 0 Å². The normalized spacial score (nSPS) is 9.65. The number of hydrogen-bond acceptors (Lipinski definition) is 8. The molecule has 0 bridgehead atoms. The molecule has 0 radical (unpaired) electrons.